The molecule has 3 aromatic carbocycles. The van der Waals surface area contributed by atoms with E-state index in [0.29, 0.717) is 35.8 Å². The van der Waals surface area contributed by atoms with Crippen molar-refractivity contribution in [2.45, 2.75) is 26.4 Å². The molecule has 0 radical (unpaired) electrons. The van der Waals surface area contributed by atoms with E-state index >= 15 is 0 Å². The molecule has 186 valence electrons. The fraction of sp³-hybridized carbons (Fsp3) is 0.214. The van der Waals surface area contributed by atoms with Gasteiger partial charge in [-0.25, -0.2) is 4.39 Å². The molecular formula is C28H26FNO6. The summed E-state index contributed by atoms with van der Waals surface area (Å²) in [5.74, 6) is -1.62. The summed E-state index contributed by atoms with van der Waals surface area (Å²) in [6.45, 7) is 4.38. The van der Waals surface area contributed by atoms with Crippen molar-refractivity contribution >= 4 is 17.4 Å². The van der Waals surface area contributed by atoms with E-state index in [1.54, 1.807) is 37.3 Å². The topological polar surface area (TPSA) is 96.3 Å². The number of phenolic OH excluding ortho intramolecular Hbond substituents is 1. The number of nitrogens with zero attached hydrogens (tertiary/aromatic N) is 1. The Morgan fingerprint density at radius 2 is 1.61 bits per heavy atom. The van der Waals surface area contributed by atoms with Crippen LogP contribution in [0.25, 0.3) is 5.76 Å². The molecule has 1 unspecified atom stereocenters. The molecule has 1 saturated heterocycles. The highest BCUT2D eigenvalue weighted by molar-refractivity contribution is 6.46. The summed E-state index contributed by atoms with van der Waals surface area (Å²) in [5.41, 5.74) is 1.25. The quantitative estimate of drug-likeness (QED) is 0.263. The Bertz CT molecular complexity index is 1300. The number of aliphatic hydroxyl groups is 1. The molecule has 3 aromatic rings. The summed E-state index contributed by atoms with van der Waals surface area (Å²) >= 11 is 0. The van der Waals surface area contributed by atoms with Crippen molar-refractivity contribution in [3.05, 3.63) is 94.8 Å². The van der Waals surface area contributed by atoms with Gasteiger partial charge in [0.05, 0.1) is 30.4 Å². The molecule has 36 heavy (non-hydrogen) atoms. The van der Waals surface area contributed by atoms with Crippen molar-refractivity contribution in [2.75, 3.05) is 13.2 Å². The van der Waals surface area contributed by atoms with Crippen molar-refractivity contribution in [3.8, 4) is 17.2 Å². The van der Waals surface area contributed by atoms with Crippen molar-refractivity contribution in [2.24, 2.45) is 0 Å². The molecule has 1 fully saturated rings. The number of Topliss-reactive ketones (excluding diaryl/α,β-unsaturated/α-hetero) is 1. The van der Waals surface area contributed by atoms with Gasteiger partial charge in [0, 0.05) is 12.6 Å². The highest BCUT2D eigenvalue weighted by atomic mass is 19.1. The number of rotatable bonds is 8. The van der Waals surface area contributed by atoms with Gasteiger partial charge in [-0.2, -0.15) is 0 Å². The number of likely N-dealkylation sites (tertiary alicyclic amines) is 1. The van der Waals surface area contributed by atoms with E-state index in [1.807, 2.05) is 6.92 Å². The third-order valence-electron chi connectivity index (χ3n) is 5.83. The number of amides is 1. The van der Waals surface area contributed by atoms with E-state index in [2.05, 4.69) is 0 Å². The van der Waals surface area contributed by atoms with E-state index in [1.165, 1.54) is 41.3 Å². The van der Waals surface area contributed by atoms with Crippen LogP contribution in [0.15, 0.2) is 72.3 Å². The lowest BCUT2D eigenvalue weighted by Crippen LogP contribution is -2.29. The minimum absolute atomic E-state index is 0.00870. The van der Waals surface area contributed by atoms with Crippen LogP contribution in [0.4, 0.5) is 4.39 Å². The van der Waals surface area contributed by atoms with Crippen molar-refractivity contribution in [1.29, 1.82) is 0 Å². The molecule has 1 aliphatic rings. The Hall–Kier alpha value is -4.33. The first kappa shape index (κ1) is 24.8. The highest BCUT2D eigenvalue weighted by Gasteiger charge is 2.46. The molecule has 0 aliphatic carbocycles. The maximum absolute atomic E-state index is 13.4. The molecule has 4 rings (SSSR count). The van der Waals surface area contributed by atoms with Crippen LogP contribution in [0.2, 0.25) is 0 Å². The Balaban J connectivity index is 1.86. The number of carbonyl (C=O) groups excluding carboxylic acids is 2. The van der Waals surface area contributed by atoms with Crippen LogP contribution >= 0.6 is 0 Å². The van der Waals surface area contributed by atoms with Crippen molar-refractivity contribution in [1.82, 2.24) is 4.90 Å². The summed E-state index contributed by atoms with van der Waals surface area (Å²) in [4.78, 5) is 27.8. The van der Waals surface area contributed by atoms with Gasteiger partial charge in [-0.1, -0.05) is 24.3 Å². The smallest absolute Gasteiger partial charge is 0.295 e. The van der Waals surface area contributed by atoms with Gasteiger partial charge in [0.1, 0.15) is 28.8 Å². The molecule has 0 bridgehead atoms. The van der Waals surface area contributed by atoms with Gasteiger partial charge >= 0.3 is 0 Å². The fourth-order valence-electron chi connectivity index (χ4n) is 4.21. The zero-order chi connectivity index (χ0) is 25.8. The van der Waals surface area contributed by atoms with E-state index < -0.39 is 23.5 Å². The lowest BCUT2D eigenvalue weighted by atomic mass is 9.94. The predicted octanol–water partition coefficient (Wildman–Crippen LogP) is 4.95. The van der Waals surface area contributed by atoms with Crippen molar-refractivity contribution < 1.29 is 33.7 Å². The second kappa shape index (κ2) is 10.5. The Labute approximate surface area is 208 Å². The van der Waals surface area contributed by atoms with Gasteiger partial charge in [-0.15, -0.1) is 0 Å². The Kier molecular flexibility index (Phi) is 7.24. The lowest BCUT2D eigenvalue weighted by molar-refractivity contribution is -0.140. The average molecular weight is 492 g/mol. The maximum Gasteiger partial charge on any atom is 0.295 e. The van der Waals surface area contributed by atoms with Gasteiger partial charge < -0.3 is 24.6 Å². The van der Waals surface area contributed by atoms with E-state index in [0.717, 1.165) is 0 Å². The first-order valence-corrected chi connectivity index (χ1v) is 11.6. The van der Waals surface area contributed by atoms with Crippen LogP contribution in [-0.4, -0.2) is 40.0 Å². The van der Waals surface area contributed by atoms with Gasteiger partial charge in [0.15, 0.2) is 0 Å². The van der Waals surface area contributed by atoms with E-state index in [4.69, 9.17) is 9.47 Å². The fourth-order valence-corrected chi connectivity index (χ4v) is 4.21. The lowest BCUT2D eigenvalue weighted by Gasteiger charge is -2.25. The summed E-state index contributed by atoms with van der Waals surface area (Å²) in [5, 5.41) is 21.2. The van der Waals surface area contributed by atoms with Crippen molar-refractivity contribution in [3.63, 3.8) is 0 Å². The summed E-state index contributed by atoms with van der Waals surface area (Å²) < 4.78 is 24.7. The van der Waals surface area contributed by atoms with Crippen LogP contribution in [0.5, 0.6) is 17.2 Å². The van der Waals surface area contributed by atoms with Gasteiger partial charge in [-0.3, -0.25) is 9.59 Å². The molecule has 0 spiro atoms. The standard InChI is InChI=1S/C28H26FNO6/c1-3-35-21-13-14-22(23(15-21)36-4-2)26(32)24-25(18-7-11-20(31)12-8-18)30(28(34)27(24)33)16-17-5-9-19(29)10-6-17/h5-15,25,31-32H,3-4,16H2,1-2H3/b26-24-. The molecule has 1 heterocycles. The van der Waals surface area contributed by atoms with E-state index in [-0.39, 0.29) is 29.2 Å². The second-order valence-electron chi connectivity index (χ2n) is 8.17. The number of hydrogen-bond acceptors (Lipinski definition) is 6. The molecule has 1 aliphatic heterocycles. The Morgan fingerprint density at radius 1 is 0.944 bits per heavy atom. The largest absolute Gasteiger partial charge is 0.508 e. The highest BCUT2D eigenvalue weighted by Crippen LogP contribution is 2.42. The number of ketones is 1. The second-order valence-corrected chi connectivity index (χ2v) is 8.17. The van der Waals surface area contributed by atoms with Gasteiger partial charge in [-0.05, 0) is 61.4 Å². The predicted molar refractivity (Wildman–Crippen MR) is 131 cm³/mol. The maximum atomic E-state index is 13.4. The monoisotopic (exact) mass is 491 g/mol. The van der Waals surface area contributed by atoms with Crippen LogP contribution in [0.1, 0.15) is 36.6 Å². The minimum atomic E-state index is -0.948. The zero-order valence-electron chi connectivity index (χ0n) is 19.9. The van der Waals surface area contributed by atoms with Crippen LogP contribution in [0.3, 0.4) is 0 Å². The minimum Gasteiger partial charge on any atom is -0.508 e. The summed E-state index contributed by atoms with van der Waals surface area (Å²) in [6.07, 6.45) is 0. The average Bonchev–Trinajstić information content (AvgIpc) is 3.11. The number of aliphatic hydroxyl groups excluding tert-OH is 1. The molecule has 1 atom stereocenters. The first-order chi connectivity index (χ1) is 17.3. The molecule has 1 amide bonds. The number of ether oxygens (including phenoxy) is 2. The number of hydrogen-bond donors (Lipinski definition) is 2. The van der Waals surface area contributed by atoms with Crippen LogP contribution in [0, 0.1) is 5.82 Å². The number of phenols is 1. The molecule has 2 N–H and O–H groups in total. The molecule has 8 heteroatoms. The van der Waals surface area contributed by atoms with Gasteiger partial charge in [0.25, 0.3) is 11.7 Å². The number of carbonyl (C=O) groups is 2. The Morgan fingerprint density at radius 3 is 2.25 bits per heavy atom. The van der Waals surface area contributed by atoms with Crippen LogP contribution < -0.4 is 9.47 Å². The van der Waals surface area contributed by atoms with Crippen LogP contribution in [-0.2, 0) is 16.1 Å². The van der Waals surface area contributed by atoms with Gasteiger partial charge in [0.2, 0.25) is 0 Å². The number of aromatic hydroxyl groups is 1. The third kappa shape index (κ3) is 4.88. The third-order valence-corrected chi connectivity index (χ3v) is 5.83. The molecule has 0 aromatic heterocycles. The first-order valence-electron chi connectivity index (χ1n) is 11.6. The number of benzene rings is 3. The molecule has 0 saturated carbocycles. The SMILES string of the molecule is CCOc1ccc(/C(O)=C2/C(=O)C(=O)N(Cc3ccc(F)cc3)C2c2ccc(O)cc2)c(OCC)c1. The molecular weight excluding hydrogens is 465 g/mol. The summed E-state index contributed by atoms with van der Waals surface area (Å²) in [7, 11) is 0. The molecule has 7 nitrogen and oxygen atoms in total. The number of halogens is 1. The summed E-state index contributed by atoms with van der Waals surface area (Å²) in [6, 6.07) is 15.5. The van der Waals surface area contributed by atoms with E-state index in [9.17, 15) is 24.2 Å². The normalized spacial score (nSPS) is 16.9. The zero-order valence-corrected chi connectivity index (χ0v) is 19.9.